The summed E-state index contributed by atoms with van der Waals surface area (Å²) in [6.07, 6.45) is 3.74. The Morgan fingerprint density at radius 3 is 2.58 bits per heavy atom. The van der Waals surface area contributed by atoms with E-state index < -0.39 is 0 Å². The summed E-state index contributed by atoms with van der Waals surface area (Å²) in [7, 11) is 0. The predicted octanol–water partition coefficient (Wildman–Crippen LogP) is 3.49. The van der Waals surface area contributed by atoms with Gasteiger partial charge in [-0.2, -0.15) is 0 Å². The lowest BCUT2D eigenvalue weighted by atomic mass is 9.98. The van der Waals surface area contributed by atoms with Crippen LogP contribution in [0, 0.1) is 11.7 Å². The minimum absolute atomic E-state index is 0.0233. The van der Waals surface area contributed by atoms with E-state index in [4.69, 9.17) is 0 Å². The summed E-state index contributed by atoms with van der Waals surface area (Å²) in [6.45, 7) is 5.58. The quantitative estimate of drug-likeness (QED) is 0.746. The Balaban J connectivity index is 2.09. The number of hydrogen-bond acceptors (Lipinski definition) is 1. The van der Waals surface area contributed by atoms with E-state index in [9.17, 15) is 9.18 Å². The fourth-order valence-electron chi connectivity index (χ4n) is 2.35. The number of amides is 1. The van der Waals surface area contributed by atoms with E-state index in [2.05, 4.69) is 6.92 Å². The average molecular weight is 261 g/mol. The third-order valence-electron chi connectivity index (χ3n) is 3.69. The molecule has 0 radical (unpaired) electrons. The lowest BCUT2D eigenvalue weighted by molar-refractivity contribution is -0.128. The molecule has 0 aromatic heterocycles. The number of likely N-dealkylation sites (tertiary alicyclic amines) is 1. The molecule has 1 aliphatic heterocycles. The molecule has 1 saturated heterocycles. The van der Waals surface area contributed by atoms with Crippen LogP contribution >= 0.6 is 0 Å². The predicted molar refractivity (Wildman–Crippen MR) is 75.0 cm³/mol. The normalized spacial score (nSPS) is 17.6. The van der Waals surface area contributed by atoms with E-state index in [-0.39, 0.29) is 11.7 Å². The second-order valence-electron chi connectivity index (χ2n) is 5.32. The molecule has 1 aromatic carbocycles. The van der Waals surface area contributed by atoms with Gasteiger partial charge in [0.05, 0.1) is 0 Å². The fraction of sp³-hybridized carbons (Fsp3) is 0.438. The number of rotatable bonds is 2. The number of hydrogen-bond donors (Lipinski definition) is 0. The Bertz CT molecular complexity index is 487. The zero-order chi connectivity index (χ0) is 13.8. The molecule has 19 heavy (non-hydrogen) atoms. The van der Waals surface area contributed by atoms with Gasteiger partial charge in [-0.25, -0.2) is 4.39 Å². The molecule has 0 spiro atoms. The fourth-order valence-corrected chi connectivity index (χ4v) is 2.35. The van der Waals surface area contributed by atoms with Crippen molar-refractivity contribution in [3.8, 4) is 0 Å². The van der Waals surface area contributed by atoms with Gasteiger partial charge >= 0.3 is 0 Å². The van der Waals surface area contributed by atoms with Crippen molar-refractivity contribution in [3.63, 3.8) is 0 Å². The van der Waals surface area contributed by atoms with Crippen LogP contribution in [0.25, 0.3) is 6.08 Å². The van der Waals surface area contributed by atoms with E-state index in [1.54, 1.807) is 31.2 Å². The Hall–Kier alpha value is -1.64. The lowest BCUT2D eigenvalue weighted by Crippen LogP contribution is -2.38. The third kappa shape index (κ3) is 3.43. The number of halogens is 1. The van der Waals surface area contributed by atoms with Crippen molar-refractivity contribution < 1.29 is 9.18 Å². The van der Waals surface area contributed by atoms with Gasteiger partial charge in [-0.3, -0.25) is 4.79 Å². The molecule has 0 atom stereocenters. The van der Waals surface area contributed by atoms with Crippen LogP contribution in [0.1, 0.15) is 32.3 Å². The zero-order valence-corrected chi connectivity index (χ0v) is 11.5. The molecule has 1 fully saturated rings. The van der Waals surface area contributed by atoms with Gasteiger partial charge in [-0.05, 0) is 37.8 Å². The molecule has 102 valence electrons. The smallest absolute Gasteiger partial charge is 0.249 e. The Labute approximate surface area is 113 Å². The van der Waals surface area contributed by atoms with Gasteiger partial charge in [-0.1, -0.05) is 25.1 Å². The highest BCUT2D eigenvalue weighted by Crippen LogP contribution is 2.19. The van der Waals surface area contributed by atoms with Crippen molar-refractivity contribution in [2.75, 3.05) is 13.1 Å². The minimum atomic E-state index is -0.290. The van der Waals surface area contributed by atoms with Crippen LogP contribution in [0.15, 0.2) is 29.8 Å². The zero-order valence-electron chi connectivity index (χ0n) is 11.5. The monoisotopic (exact) mass is 261 g/mol. The van der Waals surface area contributed by atoms with Gasteiger partial charge in [0.1, 0.15) is 5.82 Å². The summed E-state index contributed by atoms with van der Waals surface area (Å²) in [5.74, 6) is 0.428. The first-order valence-corrected chi connectivity index (χ1v) is 6.80. The van der Waals surface area contributed by atoms with Crippen LogP contribution < -0.4 is 0 Å². The number of carbonyl (C=O) groups is 1. The topological polar surface area (TPSA) is 20.3 Å². The molecule has 1 aliphatic rings. The molecule has 1 aromatic rings. The molecule has 0 bridgehead atoms. The van der Waals surface area contributed by atoms with E-state index >= 15 is 0 Å². The largest absolute Gasteiger partial charge is 0.339 e. The second-order valence-corrected chi connectivity index (χ2v) is 5.32. The molecule has 0 aliphatic carbocycles. The van der Waals surface area contributed by atoms with E-state index in [1.807, 2.05) is 4.90 Å². The van der Waals surface area contributed by atoms with Crippen molar-refractivity contribution >= 4 is 12.0 Å². The van der Waals surface area contributed by atoms with Crippen molar-refractivity contribution in [3.05, 3.63) is 41.2 Å². The highest BCUT2D eigenvalue weighted by atomic mass is 19.1. The summed E-state index contributed by atoms with van der Waals surface area (Å²) >= 11 is 0. The van der Waals surface area contributed by atoms with E-state index in [1.165, 1.54) is 6.07 Å². The summed E-state index contributed by atoms with van der Waals surface area (Å²) in [4.78, 5) is 14.1. The first kappa shape index (κ1) is 13.8. The average Bonchev–Trinajstić information content (AvgIpc) is 2.41. The molecule has 0 unspecified atom stereocenters. The third-order valence-corrected chi connectivity index (χ3v) is 3.69. The van der Waals surface area contributed by atoms with Gasteiger partial charge in [0.25, 0.3) is 0 Å². The van der Waals surface area contributed by atoms with Gasteiger partial charge in [0.2, 0.25) is 5.91 Å². The van der Waals surface area contributed by atoms with Crippen LogP contribution in [0.2, 0.25) is 0 Å². The first-order valence-electron chi connectivity index (χ1n) is 6.80. The number of carbonyl (C=O) groups excluding carboxylic acids is 1. The van der Waals surface area contributed by atoms with Crippen LogP contribution in [0.4, 0.5) is 4.39 Å². The molecule has 2 nitrogen and oxygen atoms in total. The molecular weight excluding hydrogens is 241 g/mol. The van der Waals surface area contributed by atoms with Gasteiger partial charge in [0.15, 0.2) is 0 Å². The van der Waals surface area contributed by atoms with Crippen LogP contribution in [0.3, 0.4) is 0 Å². The Morgan fingerprint density at radius 1 is 1.32 bits per heavy atom. The molecule has 1 heterocycles. The number of nitrogens with zero attached hydrogens (tertiary/aromatic N) is 1. The maximum atomic E-state index is 13.5. The number of benzene rings is 1. The maximum absolute atomic E-state index is 13.5. The van der Waals surface area contributed by atoms with Crippen LogP contribution in [-0.4, -0.2) is 23.9 Å². The van der Waals surface area contributed by atoms with E-state index in [0.717, 1.165) is 25.9 Å². The maximum Gasteiger partial charge on any atom is 0.249 e. The summed E-state index contributed by atoms with van der Waals surface area (Å²) < 4.78 is 13.5. The second kappa shape index (κ2) is 6.00. The van der Waals surface area contributed by atoms with Crippen molar-refractivity contribution in [2.45, 2.75) is 26.7 Å². The van der Waals surface area contributed by atoms with Gasteiger partial charge in [-0.15, -0.1) is 0 Å². The molecule has 3 heteroatoms. The van der Waals surface area contributed by atoms with Gasteiger partial charge in [0, 0.05) is 24.2 Å². The van der Waals surface area contributed by atoms with Crippen molar-refractivity contribution in [1.29, 1.82) is 0 Å². The van der Waals surface area contributed by atoms with Crippen molar-refractivity contribution in [1.82, 2.24) is 4.90 Å². The minimum Gasteiger partial charge on any atom is -0.339 e. The van der Waals surface area contributed by atoms with Crippen LogP contribution in [0.5, 0.6) is 0 Å². The SMILES string of the molecule is C/C(=C\c1ccccc1F)C(=O)N1CCC(C)CC1. The molecule has 1 amide bonds. The molecule has 2 rings (SSSR count). The van der Waals surface area contributed by atoms with Gasteiger partial charge < -0.3 is 4.90 Å². The molecular formula is C16H20FNO. The Kier molecular flexibility index (Phi) is 4.35. The lowest BCUT2D eigenvalue weighted by Gasteiger charge is -2.30. The Morgan fingerprint density at radius 2 is 1.95 bits per heavy atom. The molecule has 0 saturated carbocycles. The highest BCUT2D eigenvalue weighted by Gasteiger charge is 2.21. The van der Waals surface area contributed by atoms with Crippen molar-refractivity contribution in [2.24, 2.45) is 5.92 Å². The van der Waals surface area contributed by atoms with Crippen LogP contribution in [-0.2, 0) is 4.79 Å². The standard InChI is InChI=1S/C16H20FNO/c1-12-7-9-18(10-8-12)16(19)13(2)11-14-5-3-4-6-15(14)17/h3-6,11-12H,7-10H2,1-2H3/b13-11+. The first-order chi connectivity index (χ1) is 9.08. The summed E-state index contributed by atoms with van der Waals surface area (Å²) in [6, 6.07) is 6.52. The highest BCUT2D eigenvalue weighted by molar-refractivity contribution is 5.97. The van der Waals surface area contributed by atoms with E-state index in [0.29, 0.717) is 17.1 Å². The molecule has 0 N–H and O–H groups in total. The summed E-state index contributed by atoms with van der Waals surface area (Å²) in [5.41, 5.74) is 1.07. The number of piperidine rings is 1. The summed E-state index contributed by atoms with van der Waals surface area (Å²) in [5, 5.41) is 0.